The molecule has 0 saturated carbocycles. The van der Waals surface area contributed by atoms with Gasteiger partial charge in [-0.1, -0.05) is 43.9 Å². The van der Waals surface area contributed by atoms with Gasteiger partial charge in [0.25, 0.3) is 0 Å². The average molecular weight is 299 g/mol. The van der Waals surface area contributed by atoms with Gasteiger partial charge in [0, 0.05) is 16.8 Å². The van der Waals surface area contributed by atoms with E-state index in [9.17, 15) is 0 Å². The number of rotatable bonds is 6. The molecule has 1 rings (SSSR count). The van der Waals surface area contributed by atoms with E-state index >= 15 is 0 Å². The monoisotopic (exact) mass is 298 g/mol. The summed E-state index contributed by atoms with van der Waals surface area (Å²) in [6.07, 6.45) is 4.91. The van der Waals surface area contributed by atoms with E-state index < -0.39 is 0 Å². The Labute approximate surface area is 126 Å². The molecule has 106 valence electrons. The molecule has 1 aromatic rings. The molecule has 0 saturated heterocycles. The van der Waals surface area contributed by atoms with Gasteiger partial charge in [-0.15, -0.1) is 0 Å². The van der Waals surface area contributed by atoms with Gasteiger partial charge < -0.3 is 10.6 Å². The first kappa shape index (κ1) is 16.3. The highest BCUT2D eigenvalue weighted by molar-refractivity contribution is 7.80. The molecule has 0 unspecified atom stereocenters. The number of unbranched alkanes of at least 4 members (excludes halogenated alkanes) is 2. The van der Waals surface area contributed by atoms with Crippen LogP contribution in [0.3, 0.4) is 0 Å². The zero-order chi connectivity index (χ0) is 14.3. The van der Waals surface area contributed by atoms with Crippen LogP contribution in [0.1, 0.15) is 45.1 Å². The molecule has 19 heavy (non-hydrogen) atoms. The van der Waals surface area contributed by atoms with Crippen molar-refractivity contribution in [2.24, 2.45) is 0 Å². The minimum absolute atomic E-state index is 0.394. The topological polar surface area (TPSA) is 24.1 Å². The Balaban J connectivity index is 2.44. The molecule has 0 heterocycles. The van der Waals surface area contributed by atoms with Gasteiger partial charge in [-0.3, -0.25) is 0 Å². The maximum Gasteiger partial charge on any atom is 0.170 e. The highest BCUT2D eigenvalue weighted by Gasteiger charge is 2.06. The fraction of sp³-hybridized carbons (Fsp3) is 0.533. The summed E-state index contributed by atoms with van der Waals surface area (Å²) in [5.41, 5.74) is 1.98. The zero-order valence-corrected chi connectivity index (χ0v) is 13.5. The molecule has 2 nitrogen and oxygen atoms in total. The Morgan fingerprint density at radius 3 is 2.79 bits per heavy atom. The van der Waals surface area contributed by atoms with Crippen LogP contribution in [-0.2, 0) is 0 Å². The van der Waals surface area contributed by atoms with Gasteiger partial charge in [0.15, 0.2) is 5.11 Å². The number of hydrogen-bond donors (Lipinski definition) is 2. The second-order valence-corrected chi connectivity index (χ2v) is 5.72. The third kappa shape index (κ3) is 5.79. The maximum absolute atomic E-state index is 6.08. The summed E-state index contributed by atoms with van der Waals surface area (Å²) in [5, 5.41) is 7.93. The highest BCUT2D eigenvalue weighted by atomic mass is 35.5. The number of benzene rings is 1. The van der Waals surface area contributed by atoms with Crippen LogP contribution in [0.25, 0.3) is 0 Å². The van der Waals surface area contributed by atoms with Crippen LogP contribution in [0.4, 0.5) is 5.69 Å². The second kappa shape index (κ2) is 8.39. The fourth-order valence-electron chi connectivity index (χ4n) is 1.90. The molecule has 0 aliphatic carbocycles. The lowest BCUT2D eigenvalue weighted by atomic mass is 10.1. The molecule has 0 spiro atoms. The van der Waals surface area contributed by atoms with Crippen molar-refractivity contribution in [2.45, 2.75) is 52.5 Å². The minimum atomic E-state index is 0.394. The van der Waals surface area contributed by atoms with E-state index in [2.05, 4.69) is 24.5 Å². The lowest BCUT2D eigenvalue weighted by Gasteiger charge is -2.18. The molecule has 0 bridgehead atoms. The Kier molecular flexibility index (Phi) is 7.17. The number of hydrogen-bond acceptors (Lipinski definition) is 1. The highest BCUT2D eigenvalue weighted by Crippen LogP contribution is 2.22. The summed E-state index contributed by atoms with van der Waals surface area (Å²) < 4.78 is 0. The smallest absolute Gasteiger partial charge is 0.170 e. The quantitative estimate of drug-likeness (QED) is 0.577. The Bertz CT molecular complexity index is 421. The Morgan fingerprint density at radius 2 is 2.11 bits per heavy atom. The van der Waals surface area contributed by atoms with Gasteiger partial charge in [-0.25, -0.2) is 0 Å². The molecular formula is C15H23ClN2S. The number of halogens is 1. The van der Waals surface area contributed by atoms with Crippen molar-refractivity contribution in [3.05, 3.63) is 28.8 Å². The standard InChI is InChI=1S/C15H23ClN2S/c1-4-5-6-8-11(2)17-15(19)18-14-10-7-9-13(16)12(14)3/h7,9-11H,4-6,8H2,1-3H3,(H2,17,18,19)/t11-/m0/s1. The molecule has 2 N–H and O–H groups in total. The van der Waals surface area contributed by atoms with E-state index in [0.717, 1.165) is 22.7 Å². The predicted octanol–water partition coefficient (Wildman–Crippen LogP) is 4.90. The summed E-state index contributed by atoms with van der Waals surface area (Å²) in [6, 6.07) is 6.18. The molecule has 0 amide bonds. The fourth-order valence-corrected chi connectivity index (χ4v) is 2.38. The molecule has 0 radical (unpaired) electrons. The van der Waals surface area contributed by atoms with Gasteiger partial charge in [-0.2, -0.15) is 0 Å². The number of anilines is 1. The van der Waals surface area contributed by atoms with E-state index in [1.807, 2.05) is 25.1 Å². The van der Waals surface area contributed by atoms with Gasteiger partial charge >= 0.3 is 0 Å². The van der Waals surface area contributed by atoms with Crippen LogP contribution in [0.15, 0.2) is 18.2 Å². The molecular weight excluding hydrogens is 276 g/mol. The van der Waals surface area contributed by atoms with Crippen molar-refractivity contribution < 1.29 is 0 Å². The van der Waals surface area contributed by atoms with E-state index in [1.54, 1.807) is 0 Å². The SMILES string of the molecule is CCCCC[C@H](C)NC(=S)Nc1cccc(Cl)c1C. The molecule has 1 atom stereocenters. The van der Waals surface area contributed by atoms with Crippen LogP contribution < -0.4 is 10.6 Å². The van der Waals surface area contributed by atoms with Crippen LogP contribution in [-0.4, -0.2) is 11.2 Å². The zero-order valence-electron chi connectivity index (χ0n) is 11.9. The third-order valence-electron chi connectivity index (χ3n) is 3.13. The van der Waals surface area contributed by atoms with Gasteiger partial charge in [0.1, 0.15) is 0 Å². The lowest BCUT2D eigenvalue weighted by Crippen LogP contribution is -2.36. The minimum Gasteiger partial charge on any atom is -0.360 e. The third-order valence-corrected chi connectivity index (χ3v) is 3.76. The molecule has 0 fully saturated rings. The van der Waals surface area contributed by atoms with Gasteiger partial charge in [0.05, 0.1) is 0 Å². The van der Waals surface area contributed by atoms with E-state index in [4.69, 9.17) is 23.8 Å². The first-order valence-electron chi connectivity index (χ1n) is 6.87. The van der Waals surface area contributed by atoms with Crippen LogP contribution in [0, 0.1) is 6.92 Å². The predicted molar refractivity (Wildman–Crippen MR) is 89.1 cm³/mol. The maximum atomic E-state index is 6.08. The van der Waals surface area contributed by atoms with Crippen molar-refractivity contribution in [2.75, 3.05) is 5.32 Å². The van der Waals surface area contributed by atoms with E-state index in [-0.39, 0.29) is 0 Å². The lowest BCUT2D eigenvalue weighted by molar-refractivity contribution is 0.556. The van der Waals surface area contributed by atoms with Crippen LogP contribution >= 0.6 is 23.8 Å². The van der Waals surface area contributed by atoms with Crippen molar-refractivity contribution in [1.82, 2.24) is 5.32 Å². The van der Waals surface area contributed by atoms with Crippen molar-refractivity contribution in [3.8, 4) is 0 Å². The largest absolute Gasteiger partial charge is 0.360 e. The molecule has 0 aromatic heterocycles. The molecule has 4 heteroatoms. The van der Waals surface area contributed by atoms with Crippen molar-refractivity contribution in [1.29, 1.82) is 0 Å². The summed E-state index contributed by atoms with van der Waals surface area (Å²) in [7, 11) is 0. The van der Waals surface area contributed by atoms with Gasteiger partial charge in [-0.05, 0) is 50.2 Å². The van der Waals surface area contributed by atoms with Crippen molar-refractivity contribution >= 4 is 34.6 Å². The van der Waals surface area contributed by atoms with E-state index in [0.29, 0.717) is 11.2 Å². The van der Waals surface area contributed by atoms with E-state index in [1.165, 1.54) is 19.3 Å². The normalized spacial score (nSPS) is 12.0. The number of thiocarbonyl (C=S) groups is 1. The van der Waals surface area contributed by atoms with Crippen LogP contribution in [0.5, 0.6) is 0 Å². The Hall–Kier alpha value is -0.800. The average Bonchev–Trinajstić information content (AvgIpc) is 2.35. The molecule has 1 aromatic carbocycles. The molecule has 0 aliphatic heterocycles. The summed E-state index contributed by atoms with van der Waals surface area (Å²) in [6.45, 7) is 6.36. The van der Waals surface area contributed by atoms with Crippen LogP contribution in [0.2, 0.25) is 5.02 Å². The van der Waals surface area contributed by atoms with Crippen molar-refractivity contribution in [3.63, 3.8) is 0 Å². The summed E-state index contributed by atoms with van der Waals surface area (Å²) >= 11 is 11.4. The summed E-state index contributed by atoms with van der Waals surface area (Å²) in [4.78, 5) is 0. The molecule has 0 aliphatic rings. The second-order valence-electron chi connectivity index (χ2n) is 4.91. The Morgan fingerprint density at radius 1 is 1.37 bits per heavy atom. The summed E-state index contributed by atoms with van der Waals surface area (Å²) in [5.74, 6) is 0. The van der Waals surface area contributed by atoms with Gasteiger partial charge in [0.2, 0.25) is 0 Å². The first-order valence-corrected chi connectivity index (χ1v) is 7.65. The number of nitrogens with one attached hydrogen (secondary N) is 2. The first-order chi connectivity index (χ1) is 9.04.